The van der Waals surface area contributed by atoms with Gasteiger partial charge in [0.25, 0.3) is 0 Å². The van der Waals surface area contributed by atoms with Gasteiger partial charge in [-0.05, 0) is 45.3 Å². The lowest BCUT2D eigenvalue weighted by atomic mass is 9.84. The molecule has 0 heterocycles. The molecule has 4 aromatic rings. The maximum atomic E-state index is 6.47. The second kappa shape index (κ2) is 6.44. The van der Waals surface area contributed by atoms with Gasteiger partial charge in [0, 0.05) is 17.0 Å². The molecule has 4 aromatic carbocycles. The van der Waals surface area contributed by atoms with E-state index in [0.717, 1.165) is 17.5 Å². The van der Waals surface area contributed by atoms with Crippen LogP contribution in [0.1, 0.15) is 17.9 Å². The number of benzene rings is 4. The lowest BCUT2D eigenvalue weighted by molar-refractivity contribution is 0.863. The van der Waals surface area contributed by atoms with Gasteiger partial charge >= 0.3 is 0 Å². The molecule has 130 valence electrons. The molecule has 1 unspecified atom stereocenters. The summed E-state index contributed by atoms with van der Waals surface area (Å²) >= 11 is 0. The Hall–Kier alpha value is -3.32. The monoisotopic (exact) mass is 347 g/mol. The maximum Gasteiger partial charge on any atom is 0.0400 e. The number of rotatable bonds is 2. The first-order valence-corrected chi connectivity index (χ1v) is 9.45. The molecule has 0 aromatic heterocycles. The Morgan fingerprint density at radius 2 is 1.63 bits per heavy atom. The van der Waals surface area contributed by atoms with E-state index in [1.165, 1.54) is 32.8 Å². The Bertz CT molecular complexity index is 1200. The number of fused-ring (bicyclic) bond motifs is 3. The van der Waals surface area contributed by atoms with Crippen molar-refractivity contribution in [1.82, 2.24) is 0 Å². The highest BCUT2D eigenvalue weighted by molar-refractivity contribution is 6.19. The third-order valence-corrected chi connectivity index (χ3v) is 5.53. The quantitative estimate of drug-likeness (QED) is 0.312. The molecule has 1 aliphatic carbocycles. The molecular formula is C26H21N. The van der Waals surface area contributed by atoms with Crippen LogP contribution < -0.4 is 5.73 Å². The van der Waals surface area contributed by atoms with Crippen LogP contribution in [-0.2, 0) is 0 Å². The van der Waals surface area contributed by atoms with Gasteiger partial charge in [-0.3, -0.25) is 0 Å². The fraction of sp³-hybridized carbons (Fsp3) is 0.0769. The molecule has 0 saturated heterocycles. The topological polar surface area (TPSA) is 26.0 Å². The molecule has 27 heavy (non-hydrogen) atoms. The largest absolute Gasteiger partial charge is 0.398 e. The molecule has 1 nitrogen and oxygen atoms in total. The zero-order chi connectivity index (χ0) is 18.2. The highest BCUT2D eigenvalue weighted by Gasteiger charge is 2.17. The number of anilines is 1. The Balaban J connectivity index is 1.93. The molecule has 0 radical (unpaired) electrons. The molecule has 0 fully saturated rings. The molecule has 2 N–H and O–H groups in total. The summed E-state index contributed by atoms with van der Waals surface area (Å²) in [6, 6.07) is 25.8. The van der Waals surface area contributed by atoms with Gasteiger partial charge in [-0.15, -0.1) is 0 Å². The van der Waals surface area contributed by atoms with Crippen LogP contribution >= 0.6 is 0 Å². The van der Waals surface area contributed by atoms with Crippen LogP contribution in [0, 0.1) is 0 Å². The predicted octanol–water partition coefficient (Wildman–Crippen LogP) is 6.84. The van der Waals surface area contributed by atoms with E-state index < -0.39 is 0 Å². The lowest BCUT2D eigenvalue weighted by Crippen LogP contribution is -1.99. The molecule has 0 saturated carbocycles. The third kappa shape index (κ3) is 2.63. The predicted molar refractivity (Wildman–Crippen MR) is 117 cm³/mol. The highest BCUT2D eigenvalue weighted by Crippen LogP contribution is 2.41. The number of hydrogen-bond donors (Lipinski definition) is 1. The smallest absolute Gasteiger partial charge is 0.0400 e. The van der Waals surface area contributed by atoms with E-state index in [0.29, 0.717) is 5.92 Å². The summed E-state index contributed by atoms with van der Waals surface area (Å²) in [5, 5.41) is 4.93. The zero-order valence-corrected chi connectivity index (χ0v) is 15.1. The Kier molecular flexibility index (Phi) is 3.79. The molecule has 1 atom stereocenters. The first-order chi connectivity index (χ1) is 13.3. The van der Waals surface area contributed by atoms with E-state index in [1.54, 1.807) is 0 Å². The van der Waals surface area contributed by atoms with E-state index in [2.05, 4.69) is 97.1 Å². The van der Waals surface area contributed by atoms with E-state index in [9.17, 15) is 0 Å². The average molecular weight is 347 g/mol. The molecule has 5 rings (SSSR count). The molecule has 1 aliphatic rings. The molecule has 0 bridgehead atoms. The number of allylic oxidation sites excluding steroid dienone is 4. The average Bonchev–Trinajstić information content (AvgIpc) is 2.74. The second-order valence-corrected chi connectivity index (χ2v) is 7.16. The summed E-state index contributed by atoms with van der Waals surface area (Å²) in [7, 11) is 0. The van der Waals surface area contributed by atoms with Gasteiger partial charge in [-0.25, -0.2) is 0 Å². The molecule has 0 amide bonds. The molecule has 0 aliphatic heterocycles. The van der Waals surface area contributed by atoms with Crippen LogP contribution in [0.15, 0.2) is 97.1 Å². The van der Waals surface area contributed by atoms with Crippen molar-refractivity contribution in [2.45, 2.75) is 12.3 Å². The minimum Gasteiger partial charge on any atom is -0.398 e. The van der Waals surface area contributed by atoms with E-state index >= 15 is 0 Å². The van der Waals surface area contributed by atoms with Crippen molar-refractivity contribution in [2.24, 2.45) is 0 Å². The third-order valence-electron chi connectivity index (χ3n) is 5.53. The number of hydrogen-bond acceptors (Lipinski definition) is 1. The first kappa shape index (κ1) is 15.9. The van der Waals surface area contributed by atoms with Crippen LogP contribution in [0.2, 0.25) is 0 Å². The van der Waals surface area contributed by atoms with Gasteiger partial charge in [-0.1, -0.05) is 91.0 Å². The Labute approximate surface area is 159 Å². The van der Waals surface area contributed by atoms with Gasteiger partial charge in [0.05, 0.1) is 0 Å². The van der Waals surface area contributed by atoms with Gasteiger partial charge < -0.3 is 5.73 Å². The van der Waals surface area contributed by atoms with Crippen molar-refractivity contribution in [3.63, 3.8) is 0 Å². The van der Waals surface area contributed by atoms with Gasteiger partial charge in [0.1, 0.15) is 0 Å². The minimum atomic E-state index is 0.398. The van der Waals surface area contributed by atoms with Crippen LogP contribution in [0.3, 0.4) is 0 Å². The van der Waals surface area contributed by atoms with Crippen molar-refractivity contribution in [2.75, 3.05) is 5.73 Å². The van der Waals surface area contributed by atoms with Crippen LogP contribution in [0.5, 0.6) is 0 Å². The van der Waals surface area contributed by atoms with Gasteiger partial charge in [0.2, 0.25) is 0 Å². The second-order valence-electron chi connectivity index (χ2n) is 7.16. The van der Waals surface area contributed by atoms with Crippen LogP contribution in [-0.4, -0.2) is 0 Å². The van der Waals surface area contributed by atoms with E-state index in [-0.39, 0.29) is 0 Å². The number of nitrogens with two attached hydrogens (primary N) is 1. The van der Waals surface area contributed by atoms with Gasteiger partial charge in [0.15, 0.2) is 0 Å². The summed E-state index contributed by atoms with van der Waals surface area (Å²) in [4.78, 5) is 0. The molecular weight excluding hydrogens is 326 g/mol. The van der Waals surface area contributed by atoms with Crippen molar-refractivity contribution >= 4 is 27.2 Å². The zero-order valence-electron chi connectivity index (χ0n) is 15.1. The highest BCUT2D eigenvalue weighted by atomic mass is 14.6. The number of nitrogen functional groups attached to an aromatic ring is 1. The Morgan fingerprint density at radius 1 is 0.778 bits per heavy atom. The minimum absolute atomic E-state index is 0.398. The fourth-order valence-corrected chi connectivity index (χ4v) is 4.28. The van der Waals surface area contributed by atoms with Crippen LogP contribution in [0.25, 0.3) is 32.7 Å². The molecule has 0 spiro atoms. The first-order valence-electron chi connectivity index (χ1n) is 9.45. The summed E-state index contributed by atoms with van der Waals surface area (Å²) < 4.78 is 0. The summed E-state index contributed by atoms with van der Waals surface area (Å²) in [6.45, 7) is 0. The van der Waals surface area contributed by atoms with Gasteiger partial charge in [-0.2, -0.15) is 0 Å². The summed E-state index contributed by atoms with van der Waals surface area (Å²) in [6.07, 6.45) is 9.88. The van der Waals surface area contributed by atoms with Crippen molar-refractivity contribution in [3.8, 4) is 11.1 Å². The normalized spacial score (nSPS) is 16.2. The van der Waals surface area contributed by atoms with Crippen molar-refractivity contribution in [1.29, 1.82) is 0 Å². The van der Waals surface area contributed by atoms with E-state index in [4.69, 9.17) is 5.73 Å². The van der Waals surface area contributed by atoms with Crippen LogP contribution in [0.4, 0.5) is 5.69 Å². The maximum absolute atomic E-state index is 6.47. The standard InChI is InChI=1S/C26H21N/c27-24-17-20-13-7-14-21(18-9-3-1-4-10-18)25(20)26-22(15-8-16-23(24)26)19-11-5-2-6-12-19/h1-9,11-18H,10,27H2. The molecule has 1 heteroatoms. The van der Waals surface area contributed by atoms with E-state index in [1.807, 2.05) is 0 Å². The fourth-order valence-electron chi connectivity index (χ4n) is 4.28. The summed E-state index contributed by atoms with van der Waals surface area (Å²) in [5.74, 6) is 0.398. The lowest BCUT2D eigenvalue weighted by Gasteiger charge is -2.20. The Morgan fingerprint density at radius 3 is 2.44 bits per heavy atom. The summed E-state index contributed by atoms with van der Waals surface area (Å²) in [5.41, 5.74) is 11.2. The van der Waals surface area contributed by atoms with Crippen molar-refractivity contribution < 1.29 is 0 Å². The van der Waals surface area contributed by atoms with Crippen molar-refractivity contribution in [3.05, 3.63) is 103 Å². The SMILES string of the molecule is Nc1cc2cccc(C3C=CC=CC3)c2c2c(-c3ccccc3)cccc12.